The van der Waals surface area contributed by atoms with Crippen molar-refractivity contribution in [1.29, 1.82) is 0 Å². The van der Waals surface area contributed by atoms with Crippen molar-refractivity contribution in [2.24, 2.45) is 7.05 Å². The van der Waals surface area contributed by atoms with Gasteiger partial charge in [-0.1, -0.05) is 82.7 Å². The van der Waals surface area contributed by atoms with Crippen molar-refractivity contribution in [3.8, 4) is 22.6 Å². The number of hydrogen-bond acceptors (Lipinski definition) is 5. The third-order valence-corrected chi connectivity index (χ3v) is 8.32. The van der Waals surface area contributed by atoms with E-state index in [9.17, 15) is 14.4 Å². The predicted molar refractivity (Wildman–Crippen MR) is 182 cm³/mol. The first-order chi connectivity index (χ1) is 22.3. The van der Waals surface area contributed by atoms with Crippen LogP contribution >= 0.6 is 15.9 Å². The fourth-order valence-corrected chi connectivity index (χ4v) is 5.82. The van der Waals surface area contributed by atoms with Gasteiger partial charge in [0.25, 0.3) is 17.4 Å². The number of anilines is 2. The lowest BCUT2D eigenvalue weighted by Crippen LogP contribution is -2.38. The zero-order valence-corrected chi connectivity index (χ0v) is 27.1. The summed E-state index contributed by atoms with van der Waals surface area (Å²) in [6.07, 6.45) is 1.81. The largest absolute Gasteiger partial charge is 0.482 e. The first-order valence-corrected chi connectivity index (χ1v) is 15.6. The van der Waals surface area contributed by atoms with Gasteiger partial charge >= 0.3 is 0 Å². The molecule has 2 aliphatic rings. The minimum Gasteiger partial charge on any atom is -0.482 e. The average molecular weight is 679 g/mol. The molecule has 0 atom stereocenters. The molecule has 0 N–H and O–H groups in total. The number of pyridine rings is 1. The first-order valence-electron chi connectivity index (χ1n) is 14.8. The summed E-state index contributed by atoms with van der Waals surface area (Å²) in [5.74, 6) is 1.35. The number of halogens is 1. The summed E-state index contributed by atoms with van der Waals surface area (Å²) in [5.41, 5.74) is 6.25. The SMILES string of the molecule is Cc1cc(-c2ccc3c(c2)N(Cc2ccccc2)C(=O)CO3)cn(C)c1=O.O=C1COc2ccc(Br)cc2N1Cc1ccccc1. The molecule has 46 heavy (non-hydrogen) atoms. The van der Waals surface area contributed by atoms with Gasteiger partial charge in [-0.05, 0) is 65.6 Å². The lowest BCUT2D eigenvalue weighted by molar-refractivity contribution is -0.122. The number of hydrogen-bond donors (Lipinski definition) is 0. The van der Waals surface area contributed by atoms with Gasteiger partial charge in [0.1, 0.15) is 11.5 Å². The van der Waals surface area contributed by atoms with E-state index in [-0.39, 0.29) is 30.6 Å². The molecule has 5 aromatic rings. The van der Waals surface area contributed by atoms with Crippen molar-refractivity contribution >= 4 is 39.1 Å². The summed E-state index contributed by atoms with van der Waals surface area (Å²) in [5, 5.41) is 0. The molecule has 0 fully saturated rings. The minimum absolute atomic E-state index is 0.0130. The molecule has 2 amide bonds. The lowest BCUT2D eigenvalue weighted by Gasteiger charge is -2.30. The summed E-state index contributed by atoms with van der Waals surface area (Å²) >= 11 is 3.43. The maximum absolute atomic E-state index is 12.5. The van der Waals surface area contributed by atoms with Gasteiger partial charge in [0.05, 0.1) is 24.5 Å². The third kappa shape index (κ3) is 6.74. The average Bonchev–Trinajstić information content (AvgIpc) is 3.07. The zero-order valence-electron chi connectivity index (χ0n) is 25.5. The normalized spacial score (nSPS) is 13.5. The topological polar surface area (TPSA) is 81.1 Å². The Kier molecular flexibility index (Phi) is 9.03. The minimum atomic E-state index is -0.0693. The molecule has 0 bridgehead atoms. The maximum atomic E-state index is 12.5. The lowest BCUT2D eigenvalue weighted by atomic mass is 10.0. The predicted octanol–water partition coefficient (Wildman–Crippen LogP) is 6.66. The highest BCUT2D eigenvalue weighted by atomic mass is 79.9. The standard InChI is InChI=1S/C22H20N2O3.C15H12BrNO2/c1-15-10-18(13-23(2)22(15)26)17-8-9-20-19(11-17)24(21(25)14-27-20)12-16-6-4-3-5-7-16;16-12-6-7-14-13(8-12)17(15(18)10-19-14)9-11-4-2-1-3-5-11/h3-11,13H,12,14H2,1-2H3;1-8H,9-10H2. The van der Waals surface area contributed by atoms with E-state index < -0.39 is 0 Å². The molecule has 3 heterocycles. The number of carbonyl (C=O) groups excluding carboxylic acids is 2. The Labute approximate surface area is 275 Å². The highest BCUT2D eigenvalue weighted by Gasteiger charge is 2.27. The Bertz CT molecular complexity index is 1930. The van der Waals surface area contributed by atoms with Gasteiger partial charge in [-0.25, -0.2) is 0 Å². The van der Waals surface area contributed by atoms with Gasteiger partial charge in [0, 0.05) is 23.3 Å². The molecule has 0 aliphatic carbocycles. The Balaban J connectivity index is 0.000000172. The van der Waals surface area contributed by atoms with Crippen LogP contribution in [0.4, 0.5) is 11.4 Å². The van der Waals surface area contributed by atoms with Crippen molar-refractivity contribution in [3.63, 3.8) is 0 Å². The summed E-state index contributed by atoms with van der Waals surface area (Å²) in [6.45, 7) is 3.00. The molecular formula is C37H32BrN3O5. The molecule has 8 nitrogen and oxygen atoms in total. The van der Waals surface area contributed by atoms with Gasteiger partial charge in [0.2, 0.25) is 0 Å². The van der Waals surface area contributed by atoms with Crippen LogP contribution in [0.2, 0.25) is 0 Å². The highest BCUT2D eigenvalue weighted by Crippen LogP contribution is 2.37. The van der Waals surface area contributed by atoms with Crippen molar-refractivity contribution in [1.82, 2.24) is 4.57 Å². The van der Waals surface area contributed by atoms with Gasteiger partial charge < -0.3 is 23.8 Å². The second-order valence-electron chi connectivity index (χ2n) is 11.1. The number of aryl methyl sites for hydroxylation is 2. The number of benzene rings is 4. The van der Waals surface area contributed by atoms with E-state index in [0.717, 1.165) is 43.9 Å². The highest BCUT2D eigenvalue weighted by molar-refractivity contribution is 9.10. The quantitative estimate of drug-likeness (QED) is 0.208. The summed E-state index contributed by atoms with van der Waals surface area (Å²) in [7, 11) is 1.74. The van der Waals surface area contributed by atoms with E-state index in [4.69, 9.17) is 9.47 Å². The number of rotatable bonds is 5. The molecule has 0 unspecified atom stereocenters. The van der Waals surface area contributed by atoms with E-state index in [1.807, 2.05) is 109 Å². The first kappa shape index (κ1) is 30.9. The number of ether oxygens (including phenoxy) is 2. The van der Waals surface area contributed by atoms with Crippen LogP contribution < -0.4 is 24.8 Å². The number of amides is 2. The van der Waals surface area contributed by atoms with Crippen molar-refractivity contribution in [3.05, 3.63) is 141 Å². The molecule has 0 saturated carbocycles. The van der Waals surface area contributed by atoms with E-state index in [1.165, 1.54) is 0 Å². The van der Waals surface area contributed by atoms with E-state index in [2.05, 4.69) is 15.9 Å². The monoisotopic (exact) mass is 677 g/mol. The van der Waals surface area contributed by atoms with Crippen LogP contribution in [0.1, 0.15) is 16.7 Å². The molecule has 4 aromatic carbocycles. The van der Waals surface area contributed by atoms with Crippen LogP contribution in [0.5, 0.6) is 11.5 Å². The fourth-order valence-electron chi connectivity index (χ4n) is 5.47. The number of nitrogens with zero attached hydrogens (tertiary/aromatic N) is 3. The molecular weight excluding hydrogens is 646 g/mol. The second-order valence-corrected chi connectivity index (χ2v) is 12.0. The summed E-state index contributed by atoms with van der Waals surface area (Å²) in [6, 6.07) is 33.2. The summed E-state index contributed by atoms with van der Waals surface area (Å²) in [4.78, 5) is 40.1. The van der Waals surface area contributed by atoms with Gasteiger partial charge in [0.15, 0.2) is 13.2 Å². The van der Waals surface area contributed by atoms with Crippen molar-refractivity contribution in [2.75, 3.05) is 23.0 Å². The Morgan fingerprint density at radius 3 is 1.72 bits per heavy atom. The zero-order chi connectivity index (χ0) is 32.2. The Morgan fingerprint density at radius 2 is 1.17 bits per heavy atom. The van der Waals surface area contributed by atoms with Gasteiger partial charge in [-0.15, -0.1) is 0 Å². The van der Waals surface area contributed by atoms with Crippen molar-refractivity contribution in [2.45, 2.75) is 20.0 Å². The van der Waals surface area contributed by atoms with Crippen LogP contribution in [-0.2, 0) is 29.7 Å². The maximum Gasteiger partial charge on any atom is 0.265 e. The second kappa shape index (κ2) is 13.5. The van der Waals surface area contributed by atoms with E-state index >= 15 is 0 Å². The molecule has 0 saturated heterocycles. The smallest absolute Gasteiger partial charge is 0.265 e. The Morgan fingerprint density at radius 1 is 0.652 bits per heavy atom. The Hall–Kier alpha value is -5.15. The van der Waals surface area contributed by atoms with Crippen LogP contribution in [-0.4, -0.2) is 29.6 Å². The van der Waals surface area contributed by atoms with Gasteiger partial charge in [-0.2, -0.15) is 0 Å². The van der Waals surface area contributed by atoms with Gasteiger partial charge in [-0.3, -0.25) is 14.4 Å². The molecule has 9 heteroatoms. The number of fused-ring (bicyclic) bond motifs is 2. The third-order valence-electron chi connectivity index (χ3n) is 7.83. The van der Waals surface area contributed by atoms with E-state index in [1.54, 1.807) is 28.3 Å². The van der Waals surface area contributed by atoms with Crippen LogP contribution in [0.25, 0.3) is 11.1 Å². The van der Waals surface area contributed by atoms with Crippen molar-refractivity contribution < 1.29 is 19.1 Å². The van der Waals surface area contributed by atoms with Crippen LogP contribution in [0, 0.1) is 6.92 Å². The van der Waals surface area contributed by atoms with Crippen LogP contribution in [0.15, 0.2) is 119 Å². The molecule has 1 aromatic heterocycles. The molecule has 0 radical (unpaired) electrons. The number of carbonyl (C=O) groups is 2. The fraction of sp³-hybridized carbons (Fsp3) is 0.162. The number of aromatic nitrogens is 1. The molecule has 2 aliphatic heterocycles. The molecule has 0 spiro atoms. The molecule has 232 valence electrons. The van der Waals surface area contributed by atoms with Crippen LogP contribution in [0.3, 0.4) is 0 Å². The summed E-state index contributed by atoms with van der Waals surface area (Å²) < 4.78 is 13.6. The molecule has 7 rings (SSSR count). The van der Waals surface area contributed by atoms with E-state index in [0.29, 0.717) is 24.4 Å².